The van der Waals surface area contributed by atoms with E-state index in [4.69, 9.17) is 4.74 Å². The van der Waals surface area contributed by atoms with Gasteiger partial charge in [0.1, 0.15) is 17.4 Å². The second kappa shape index (κ2) is 6.83. The molecule has 0 radical (unpaired) electrons. The predicted molar refractivity (Wildman–Crippen MR) is 74.8 cm³/mol. The van der Waals surface area contributed by atoms with E-state index < -0.39 is 5.82 Å². The number of hydrogen-bond donors (Lipinski definition) is 0. The van der Waals surface area contributed by atoms with E-state index in [9.17, 15) is 13.6 Å². The Hall–Kier alpha value is -2.43. The maximum Gasteiger partial charge on any atom is 0.260 e. The molecule has 0 fully saturated rings. The minimum atomic E-state index is -0.431. The SMILES string of the molecule is CN(Cc1ccccc1F)C(=O)COc1cccc(F)c1. The molecule has 0 aliphatic carbocycles. The van der Waals surface area contributed by atoms with Crippen LogP contribution in [0, 0.1) is 11.6 Å². The number of rotatable bonds is 5. The third kappa shape index (κ3) is 4.27. The monoisotopic (exact) mass is 291 g/mol. The molecule has 0 unspecified atom stereocenters. The van der Waals surface area contributed by atoms with Gasteiger partial charge in [0, 0.05) is 25.2 Å². The van der Waals surface area contributed by atoms with Gasteiger partial charge in [-0.3, -0.25) is 4.79 Å². The third-order valence-corrected chi connectivity index (χ3v) is 2.95. The largest absolute Gasteiger partial charge is 0.484 e. The summed E-state index contributed by atoms with van der Waals surface area (Å²) in [6, 6.07) is 11.8. The molecule has 21 heavy (non-hydrogen) atoms. The van der Waals surface area contributed by atoms with Crippen LogP contribution >= 0.6 is 0 Å². The van der Waals surface area contributed by atoms with Gasteiger partial charge in [0.25, 0.3) is 5.91 Å². The molecule has 0 N–H and O–H groups in total. The Labute approximate surface area is 121 Å². The van der Waals surface area contributed by atoms with E-state index in [1.165, 1.54) is 29.2 Å². The van der Waals surface area contributed by atoms with Crippen LogP contribution in [0.1, 0.15) is 5.56 Å². The zero-order valence-electron chi connectivity index (χ0n) is 11.6. The molecule has 0 aliphatic rings. The first kappa shape index (κ1) is 15.0. The summed E-state index contributed by atoms with van der Waals surface area (Å²) in [5, 5.41) is 0. The van der Waals surface area contributed by atoms with Crippen molar-refractivity contribution in [3.05, 3.63) is 65.7 Å². The molecule has 0 saturated heterocycles. The number of halogens is 2. The first-order valence-electron chi connectivity index (χ1n) is 6.42. The number of ether oxygens (including phenoxy) is 1. The molecule has 0 aromatic heterocycles. The molecule has 3 nitrogen and oxygen atoms in total. The topological polar surface area (TPSA) is 29.5 Å². The maximum atomic E-state index is 13.5. The summed E-state index contributed by atoms with van der Waals surface area (Å²) in [5.74, 6) is -0.826. The number of hydrogen-bond acceptors (Lipinski definition) is 2. The van der Waals surface area contributed by atoms with Crippen LogP contribution in [0.3, 0.4) is 0 Å². The van der Waals surface area contributed by atoms with E-state index >= 15 is 0 Å². The second-order valence-electron chi connectivity index (χ2n) is 4.59. The van der Waals surface area contributed by atoms with Crippen molar-refractivity contribution in [1.82, 2.24) is 4.90 Å². The fraction of sp³-hybridized carbons (Fsp3) is 0.188. The van der Waals surface area contributed by atoms with E-state index in [1.807, 2.05) is 0 Å². The molecule has 0 heterocycles. The molecule has 2 aromatic rings. The summed E-state index contributed by atoms with van der Waals surface area (Å²) in [4.78, 5) is 13.3. The molecule has 0 aliphatic heterocycles. The quantitative estimate of drug-likeness (QED) is 0.847. The number of nitrogens with zero attached hydrogens (tertiary/aromatic N) is 1. The summed E-state index contributed by atoms with van der Waals surface area (Å²) in [6.45, 7) is -0.0770. The van der Waals surface area contributed by atoms with Gasteiger partial charge < -0.3 is 9.64 Å². The Balaban J connectivity index is 1.90. The number of amides is 1. The molecule has 0 bridgehead atoms. The molecule has 0 saturated carbocycles. The normalized spacial score (nSPS) is 10.2. The van der Waals surface area contributed by atoms with Gasteiger partial charge in [-0.05, 0) is 18.2 Å². The molecular formula is C16H15F2NO2. The zero-order chi connectivity index (χ0) is 15.2. The Kier molecular flexibility index (Phi) is 4.87. The Morgan fingerprint density at radius 3 is 2.62 bits per heavy atom. The Morgan fingerprint density at radius 2 is 1.90 bits per heavy atom. The summed E-state index contributed by atoms with van der Waals surface area (Å²) >= 11 is 0. The van der Waals surface area contributed by atoms with Gasteiger partial charge in [0.15, 0.2) is 6.61 Å². The predicted octanol–water partition coefficient (Wildman–Crippen LogP) is 3.00. The summed E-state index contributed by atoms with van der Waals surface area (Å²) < 4.78 is 31.7. The minimum absolute atomic E-state index is 0.151. The van der Waals surface area contributed by atoms with E-state index in [0.717, 1.165) is 0 Å². The minimum Gasteiger partial charge on any atom is -0.484 e. The van der Waals surface area contributed by atoms with Crippen LogP contribution in [0.2, 0.25) is 0 Å². The number of benzene rings is 2. The van der Waals surface area contributed by atoms with Crippen LogP contribution in [0.4, 0.5) is 8.78 Å². The van der Waals surface area contributed by atoms with Gasteiger partial charge in [-0.1, -0.05) is 24.3 Å². The summed E-state index contributed by atoms with van der Waals surface area (Å²) in [6.07, 6.45) is 0. The number of likely N-dealkylation sites (N-methyl/N-ethyl adjacent to an activating group) is 1. The lowest BCUT2D eigenvalue weighted by Crippen LogP contribution is -2.31. The molecule has 5 heteroatoms. The maximum absolute atomic E-state index is 13.5. The van der Waals surface area contributed by atoms with Crippen LogP contribution < -0.4 is 4.74 Å². The first-order valence-corrected chi connectivity index (χ1v) is 6.42. The number of carbonyl (C=O) groups excluding carboxylic acids is 1. The fourth-order valence-corrected chi connectivity index (χ4v) is 1.78. The molecule has 2 aromatic carbocycles. The van der Waals surface area contributed by atoms with Gasteiger partial charge in [-0.2, -0.15) is 0 Å². The average Bonchev–Trinajstić information content (AvgIpc) is 2.47. The van der Waals surface area contributed by atoms with Gasteiger partial charge in [0.05, 0.1) is 0 Å². The van der Waals surface area contributed by atoms with Crippen LogP contribution in [0.5, 0.6) is 5.75 Å². The molecule has 1 amide bonds. The molecule has 110 valence electrons. The van der Waals surface area contributed by atoms with E-state index in [2.05, 4.69) is 0 Å². The van der Waals surface area contributed by atoms with Crippen LogP contribution in [0.15, 0.2) is 48.5 Å². The molecular weight excluding hydrogens is 276 g/mol. The fourth-order valence-electron chi connectivity index (χ4n) is 1.78. The smallest absolute Gasteiger partial charge is 0.260 e. The van der Waals surface area contributed by atoms with Gasteiger partial charge >= 0.3 is 0 Å². The van der Waals surface area contributed by atoms with Crippen molar-refractivity contribution < 1.29 is 18.3 Å². The highest BCUT2D eigenvalue weighted by molar-refractivity contribution is 5.77. The molecule has 0 atom stereocenters. The van der Waals surface area contributed by atoms with Gasteiger partial charge in [0.2, 0.25) is 0 Å². The van der Waals surface area contributed by atoms with Crippen molar-refractivity contribution in [2.45, 2.75) is 6.54 Å². The van der Waals surface area contributed by atoms with Crippen molar-refractivity contribution in [3.63, 3.8) is 0 Å². The van der Waals surface area contributed by atoms with Crippen molar-refractivity contribution in [2.75, 3.05) is 13.7 Å². The van der Waals surface area contributed by atoms with Crippen molar-refractivity contribution in [3.8, 4) is 5.75 Å². The summed E-state index contributed by atoms with van der Waals surface area (Å²) in [7, 11) is 1.56. The standard InChI is InChI=1S/C16H15F2NO2/c1-19(10-12-5-2-3-8-15(12)18)16(20)11-21-14-7-4-6-13(17)9-14/h2-9H,10-11H2,1H3. The molecule has 2 rings (SSSR count). The van der Waals surface area contributed by atoms with Crippen LogP contribution in [-0.4, -0.2) is 24.5 Å². The highest BCUT2D eigenvalue weighted by atomic mass is 19.1. The Bertz CT molecular complexity index is 631. The first-order chi connectivity index (χ1) is 10.1. The Morgan fingerprint density at radius 1 is 1.14 bits per heavy atom. The van der Waals surface area contributed by atoms with Crippen molar-refractivity contribution >= 4 is 5.91 Å². The lowest BCUT2D eigenvalue weighted by atomic mass is 10.2. The lowest BCUT2D eigenvalue weighted by Gasteiger charge is -2.18. The molecule has 0 spiro atoms. The highest BCUT2D eigenvalue weighted by Crippen LogP contribution is 2.13. The van der Waals surface area contributed by atoms with Crippen molar-refractivity contribution in [1.29, 1.82) is 0 Å². The average molecular weight is 291 g/mol. The number of carbonyl (C=O) groups is 1. The van der Waals surface area contributed by atoms with Crippen LogP contribution in [-0.2, 0) is 11.3 Å². The second-order valence-corrected chi connectivity index (χ2v) is 4.59. The third-order valence-electron chi connectivity index (χ3n) is 2.95. The van der Waals surface area contributed by atoms with E-state index in [0.29, 0.717) is 5.56 Å². The van der Waals surface area contributed by atoms with E-state index in [-0.39, 0.29) is 30.6 Å². The highest BCUT2D eigenvalue weighted by Gasteiger charge is 2.12. The van der Waals surface area contributed by atoms with Gasteiger partial charge in [-0.15, -0.1) is 0 Å². The lowest BCUT2D eigenvalue weighted by molar-refractivity contribution is -0.132. The van der Waals surface area contributed by atoms with E-state index in [1.54, 1.807) is 31.3 Å². The van der Waals surface area contributed by atoms with Gasteiger partial charge in [-0.25, -0.2) is 8.78 Å². The zero-order valence-corrected chi connectivity index (χ0v) is 11.6. The summed E-state index contributed by atoms with van der Waals surface area (Å²) in [5.41, 5.74) is 0.430. The van der Waals surface area contributed by atoms with Crippen LogP contribution in [0.25, 0.3) is 0 Å². The van der Waals surface area contributed by atoms with Crippen molar-refractivity contribution in [2.24, 2.45) is 0 Å².